The zero-order valence-electron chi connectivity index (χ0n) is 8.50. The normalized spacial score (nSPS) is 9.57. The summed E-state index contributed by atoms with van der Waals surface area (Å²) in [6, 6.07) is 3.82. The molecule has 2 N–H and O–H groups in total. The molecule has 0 atom stereocenters. The molecule has 1 aromatic rings. The maximum Gasteiger partial charge on any atom is 0.239 e. The summed E-state index contributed by atoms with van der Waals surface area (Å²) in [5.74, 6) is 0.715. The minimum atomic E-state index is -0.0178. The third-order valence-corrected chi connectivity index (χ3v) is 1.72. The average molecular weight is 193 g/mol. The molecule has 4 nitrogen and oxygen atoms in total. The van der Waals surface area contributed by atoms with Crippen LogP contribution in [0.3, 0.4) is 0 Å². The number of hydrogen-bond acceptors (Lipinski definition) is 3. The monoisotopic (exact) mass is 193 g/mol. The summed E-state index contributed by atoms with van der Waals surface area (Å²) in [6.07, 6.45) is 1.72. The van der Waals surface area contributed by atoms with E-state index in [-0.39, 0.29) is 12.5 Å². The predicted molar refractivity (Wildman–Crippen MR) is 56.1 cm³/mol. The molecular weight excluding hydrogens is 178 g/mol. The first-order valence-corrected chi connectivity index (χ1v) is 4.65. The van der Waals surface area contributed by atoms with Crippen LogP contribution in [0.5, 0.6) is 0 Å². The number of pyridine rings is 1. The van der Waals surface area contributed by atoms with Gasteiger partial charge in [-0.25, -0.2) is 4.98 Å². The number of amides is 1. The van der Waals surface area contributed by atoms with Crippen molar-refractivity contribution in [2.24, 2.45) is 0 Å². The van der Waals surface area contributed by atoms with Gasteiger partial charge < -0.3 is 10.6 Å². The quantitative estimate of drug-likeness (QED) is 0.748. The second-order valence-corrected chi connectivity index (χ2v) is 3.03. The van der Waals surface area contributed by atoms with Crippen molar-refractivity contribution >= 4 is 11.7 Å². The highest BCUT2D eigenvalue weighted by atomic mass is 16.1. The van der Waals surface area contributed by atoms with Gasteiger partial charge in [0.1, 0.15) is 5.82 Å². The molecule has 0 aliphatic rings. The fraction of sp³-hybridized carbons (Fsp3) is 0.400. The van der Waals surface area contributed by atoms with E-state index in [0.29, 0.717) is 6.54 Å². The van der Waals surface area contributed by atoms with Crippen LogP contribution in [0, 0.1) is 6.92 Å². The molecule has 0 unspecified atom stereocenters. The van der Waals surface area contributed by atoms with Crippen LogP contribution in [-0.4, -0.2) is 24.0 Å². The maximum atomic E-state index is 11.1. The van der Waals surface area contributed by atoms with Crippen molar-refractivity contribution in [3.8, 4) is 0 Å². The molecule has 1 heterocycles. The molecule has 0 fully saturated rings. The SMILES string of the molecule is CCNC(=O)CNc1cc(C)ccn1. The van der Waals surface area contributed by atoms with Crippen LogP contribution < -0.4 is 10.6 Å². The molecule has 0 saturated heterocycles. The van der Waals surface area contributed by atoms with Crippen molar-refractivity contribution in [1.29, 1.82) is 0 Å². The van der Waals surface area contributed by atoms with Crippen molar-refractivity contribution < 1.29 is 4.79 Å². The molecule has 76 valence electrons. The second kappa shape index (κ2) is 5.21. The lowest BCUT2D eigenvalue weighted by molar-refractivity contribution is -0.119. The second-order valence-electron chi connectivity index (χ2n) is 3.03. The number of anilines is 1. The van der Waals surface area contributed by atoms with E-state index in [0.717, 1.165) is 11.4 Å². The van der Waals surface area contributed by atoms with Crippen LogP contribution in [0.2, 0.25) is 0 Å². The summed E-state index contributed by atoms with van der Waals surface area (Å²) in [6.45, 7) is 4.80. The third-order valence-electron chi connectivity index (χ3n) is 1.72. The summed E-state index contributed by atoms with van der Waals surface area (Å²) in [5, 5.41) is 5.65. The summed E-state index contributed by atoms with van der Waals surface area (Å²) in [7, 11) is 0. The van der Waals surface area contributed by atoms with Gasteiger partial charge in [0.25, 0.3) is 0 Å². The molecule has 0 aliphatic carbocycles. The molecule has 1 rings (SSSR count). The Balaban J connectivity index is 2.41. The standard InChI is InChI=1S/C10H15N3O/c1-3-11-10(14)7-13-9-6-8(2)4-5-12-9/h4-6H,3,7H2,1-2H3,(H,11,14)(H,12,13). The van der Waals surface area contributed by atoms with Gasteiger partial charge in [-0.15, -0.1) is 0 Å². The van der Waals surface area contributed by atoms with Crippen LogP contribution in [0.4, 0.5) is 5.82 Å². The summed E-state index contributed by atoms with van der Waals surface area (Å²) in [4.78, 5) is 15.2. The van der Waals surface area contributed by atoms with E-state index in [1.807, 2.05) is 26.0 Å². The first-order valence-electron chi connectivity index (χ1n) is 4.65. The Morgan fingerprint density at radius 3 is 3.00 bits per heavy atom. The largest absolute Gasteiger partial charge is 0.361 e. The van der Waals surface area contributed by atoms with E-state index in [9.17, 15) is 4.79 Å². The first-order chi connectivity index (χ1) is 6.72. The van der Waals surface area contributed by atoms with Crippen molar-refractivity contribution in [3.63, 3.8) is 0 Å². The lowest BCUT2D eigenvalue weighted by atomic mass is 10.3. The van der Waals surface area contributed by atoms with Gasteiger partial charge in [0.15, 0.2) is 0 Å². The molecule has 0 radical (unpaired) electrons. The van der Waals surface area contributed by atoms with Gasteiger partial charge >= 0.3 is 0 Å². The van der Waals surface area contributed by atoms with Crippen LogP contribution in [0.25, 0.3) is 0 Å². The number of carbonyl (C=O) groups is 1. The molecule has 0 bridgehead atoms. The van der Waals surface area contributed by atoms with E-state index >= 15 is 0 Å². The van der Waals surface area contributed by atoms with E-state index in [2.05, 4.69) is 15.6 Å². The van der Waals surface area contributed by atoms with Crippen molar-refractivity contribution in [1.82, 2.24) is 10.3 Å². The van der Waals surface area contributed by atoms with Gasteiger partial charge in [-0.3, -0.25) is 4.79 Å². The Labute approximate surface area is 83.7 Å². The molecule has 0 aliphatic heterocycles. The van der Waals surface area contributed by atoms with Crippen molar-refractivity contribution in [3.05, 3.63) is 23.9 Å². The molecule has 0 aromatic carbocycles. The number of carbonyl (C=O) groups excluding carboxylic acids is 1. The molecule has 1 amide bonds. The highest BCUT2D eigenvalue weighted by Gasteiger charge is 1.99. The van der Waals surface area contributed by atoms with Gasteiger partial charge in [0.2, 0.25) is 5.91 Å². The van der Waals surface area contributed by atoms with Gasteiger partial charge in [-0.2, -0.15) is 0 Å². The Bertz CT molecular complexity index is 312. The van der Waals surface area contributed by atoms with Gasteiger partial charge in [0, 0.05) is 12.7 Å². The van der Waals surface area contributed by atoms with Gasteiger partial charge in [-0.1, -0.05) is 0 Å². The number of nitrogens with zero attached hydrogens (tertiary/aromatic N) is 1. The third kappa shape index (κ3) is 3.43. The molecule has 1 aromatic heterocycles. The number of aromatic nitrogens is 1. The van der Waals surface area contributed by atoms with Gasteiger partial charge in [-0.05, 0) is 31.5 Å². The smallest absolute Gasteiger partial charge is 0.239 e. The zero-order valence-corrected chi connectivity index (χ0v) is 8.50. The van der Waals surface area contributed by atoms with E-state index < -0.39 is 0 Å². The highest BCUT2D eigenvalue weighted by molar-refractivity contribution is 5.80. The Kier molecular flexibility index (Phi) is 3.91. The minimum absolute atomic E-state index is 0.0178. The summed E-state index contributed by atoms with van der Waals surface area (Å²) >= 11 is 0. The topological polar surface area (TPSA) is 54.0 Å². The molecule has 4 heteroatoms. The molecule has 14 heavy (non-hydrogen) atoms. The average Bonchev–Trinajstić information content (AvgIpc) is 2.15. The summed E-state index contributed by atoms with van der Waals surface area (Å²) < 4.78 is 0. The Morgan fingerprint density at radius 1 is 1.57 bits per heavy atom. The molecular formula is C10H15N3O. The van der Waals surface area contributed by atoms with Crippen LogP contribution in [0.1, 0.15) is 12.5 Å². The lowest BCUT2D eigenvalue weighted by Crippen LogP contribution is -2.29. The fourth-order valence-corrected chi connectivity index (χ4v) is 1.06. The first kappa shape index (κ1) is 10.5. The van der Waals surface area contributed by atoms with Gasteiger partial charge in [0.05, 0.1) is 6.54 Å². The lowest BCUT2D eigenvalue weighted by Gasteiger charge is -2.05. The van der Waals surface area contributed by atoms with E-state index in [1.165, 1.54) is 0 Å². The minimum Gasteiger partial charge on any atom is -0.361 e. The van der Waals surface area contributed by atoms with E-state index in [4.69, 9.17) is 0 Å². The number of nitrogens with one attached hydrogen (secondary N) is 2. The molecule has 0 saturated carbocycles. The Morgan fingerprint density at radius 2 is 2.36 bits per heavy atom. The highest BCUT2D eigenvalue weighted by Crippen LogP contribution is 2.03. The van der Waals surface area contributed by atoms with Crippen LogP contribution >= 0.6 is 0 Å². The number of rotatable bonds is 4. The van der Waals surface area contributed by atoms with E-state index in [1.54, 1.807) is 6.20 Å². The fourth-order valence-electron chi connectivity index (χ4n) is 1.06. The number of aryl methyl sites for hydroxylation is 1. The Hall–Kier alpha value is -1.58. The van der Waals surface area contributed by atoms with Crippen LogP contribution in [0.15, 0.2) is 18.3 Å². The number of hydrogen-bond donors (Lipinski definition) is 2. The van der Waals surface area contributed by atoms with Crippen molar-refractivity contribution in [2.75, 3.05) is 18.4 Å². The molecule has 0 spiro atoms. The van der Waals surface area contributed by atoms with Crippen molar-refractivity contribution in [2.45, 2.75) is 13.8 Å². The summed E-state index contributed by atoms with van der Waals surface area (Å²) in [5.41, 5.74) is 1.12. The number of likely N-dealkylation sites (N-methyl/N-ethyl adjacent to an activating group) is 1. The maximum absolute atomic E-state index is 11.1. The predicted octanol–water partition coefficient (Wildman–Crippen LogP) is 0.938. The zero-order chi connectivity index (χ0) is 10.4. The van der Waals surface area contributed by atoms with Crippen LogP contribution in [-0.2, 0) is 4.79 Å².